The fourth-order valence-corrected chi connectivity index (χ4v) is 1.59. The van der Waals surface area contributed by atoms with Gasteiger partial charge in [-0.25, -0.2) is 0 Å². The van der Waals surface area contributed by atoms with Gasteiger partial charge in [0.25, 0.3) is 0 Å². The Labute approximate surface area is 92.0 Å². The molecule has 86 valence electrons. The number of hydrogen-bond acceptors (Lipinski definition) is 3. The van der Waals surface area contributed by atoms with Crippen molar-refractivity contribution in [2.75, 3.05) is 6.61 Å². The lowest BCUT2D eigenvalue weighted by Gasteiger charge is -2.24. The molecular formula is C11H12O5. The van der Waals surface area contributed by atoms with E-state index in [1.54, 1.807) is 18.2 Å². The van der Waals surface area contributed by atoms with Crippen LogP contribution in [0.3, 0.4) is 0 Å². The van der Waals surface area contributed by atoms with Crippen molar-refractivity contribution < 1.29 is 24.9 Å². The third-order valence-electron chi connectivity index (χ3n) is 2.48. The molecule has 0 saturated carbocycles. The van der Waals surface area contributed by atoms with Crippen LogP contribution < -0.4 is 0 Å². The van der Waals surface area contributed by atoms with Crippen LogP contribution in [0.2, 0.25) is 0 Å². The number of rotatable bonds is 5. The van der Waals surface area contributed by atoms with Crippen LogP contribution in [0, 0.1) is 0 Å². The van der Waals surface area contributed by atoms with Crippen LogP contribution in [-0.2, 0) is 15.0 Å². The van der Waals surface area contributed by atoms with Gasteiger partial charge in [-0.15, -0.1) is 0 Å². The molecule has 3 N–H and O–H groups in total. The lowest BCUT2D eigenvalue weighted by molar-refractivity contribution is -0.158. The van der Waals surface area contributed by atoms with E-state index < -0.39 is 24.0 Å². The molecule has 0 aliphatic heterocycles. The quantitative estimate of drug-likeness (QED) is 0.632. The summed E-state index contributed by atoms with van der Waals surface area (Å²) in [7, 11) is 0. The van der Waals surface area contributed by atoms with Crippen LogP contribution in [0.25, 0.3) is 0 Å². The Morgan fingerprint density at radius 2 is 1.56 bits per heavy atom. The topological polar surface area (TPSA) is 94.8 Å². The molecule has 1 rings (SSSR count). The maximum atomic E-state index is 11.2. The first-order valence-electron chi connectivity index (χ1n) is 4.69. The molecule has 5 nitrogen and oxygen atoms in total. The number of hydrogen-bond donors (Lipinski definition) is 3. The maximum absolute atomic E-state index is 11.2. The molecule has 5 heteroatoms. The molecule has 0 heterocycles. The normalized spacial score (nSPS) is 11.1. The first kappa shape index (κ1) is 12.2. The van der Waals surface area contributed by atoms with Crippen LogP contribution in [0.4, 0.5) is 0 Å². The minimum atomic E-state index is -2.07. The van der Waals surface area contributed by atoms with Gasteiger partial charge in [0, 0.05) is 13.0 Å². The van der Waals surface area contributed by atoms with E-state index in [1.807, 2.05) is 0 Å². The SMILES string of the molecule is O=C(O)C(CCO)(C(=O)O)c1ccccc1. The van der Waals surface area contributed by atoms with Gasteiger partial charge >= 0.3 is 11.9 Å². The van der Waals surface area contributed by atoms with Gasteiger partial charge in [0.15, 0.2) is 5.41 Å². The van der Waals surface area contributed by atoms with Crippen molar-refractivity contribution in [2.45, 2.75) is 11.8 Å². The zero-order valence-electron chi connectivity index (χ0n) is 8.46. The Balaban J connectivity index is 3.33. The third kappa shape index (κ3) is 1.90. The standard InChI is InChI=1S/C11H12O5/c12-7-6-11(9(13)14,10(15)16)8-4-2-1-3-5-8/h1-5,12H,6-7H2,(H,13,14)(H,15,16). The van der Waals surface area contributed by atoms with E-state index in [0.29, 0.717) is 0 Å². The Hall–Kier alpha value is -1.88. The Kier molecular flexibility index (Phi) is 3.63. The number of aliphatic hydroxyl groups is 1. The fourth-order valence-electron chi connectivity index (χ4n) is 1.59. The van der Waals surface area contributed by atoms with Gasteiger partial charge < -0.3 is 15.3 Å². The molecular weight excluding hydrogens is 212 g/mol. The van der Waals surface area contributed by atoms with Crippen molar-refractivity contribution in [3.8, 4) is 0 Å². The van der Waals surface area contributed by atoms with E-state index in [1.165, 1.54) is 12.1 Å². The van der Waals surface area contributed by atoms with Gasteiger partial charge in [-0.3, -0.25) is 9.59 Å². The minimum Gasteiger partial charge on any atom is -0.480 e. The first-order chi connectivity index (χ1) is 7.55. The Morgan fingerprint density at radius 3 is 1.94 bits per heavy atom. The molecule has 0 spiro atoms. The molecule has 0 atom stereocenters. The second-order valence-electron chi connectivity index (χ2n) is 3.36. The first-order valence-corrected chi connectivity index (χ1v) is 4.69. The average molecular weight is 224 g/mol. The molecule has 0 radical (unpaired) electrons. The highest BCUT2D eigenvalue weighted by molar-refractivity contribution is 6.04. The predicted octanol–water partition coefficient (Wildman–Crippen LogP) is 0.476. The van der Waals surface area contributed by atoms with Crippen LogP contribution >= 0.6 is 0 Å². The number of carboxylic acid groups (broad SMARTS) is 2. The maximum Gasteiger partial charge on any atom is 0.325 e. The van der Waals surface area contributed by atoms with Crippen LogP contribution in [0.1, 0.15) is 12.0 Å². The molecule has 0 aromatic heterocycles. The van der Waals surface area contributed by atoms with E-state index in [2.05, 4.69) is 0 Å². The van der Waals surface area contributed by atoms with Crippen molar-refractivity contribution in [1.29, 1.82) is 0 Å². The van der Waals surface area contributed by atoms with E-state index in [-0.39, 0.29) is 12.0 Å². The molecule has 0 fully saturated rings. The van der Waals surface area contributed by atoms with E-state index in [9.17, 15) is 9.59 Å². The Bertz CT molecular complexity index is 371. The highest BCUT2D eigenvalue weighted by Crippen LogP contribution is 2.28. The molecule has 0 unspecified atom stereocenters. The molecule has 0 amide bonds. The van der Waals surface area contributed by atoms with Gasteiger partial charge in [-0.1, -0.05) is 30.3 Å². The zero-order chi connectivity index (χ0) is 12.2. The summed E-state index contributed by atoms with van der Waals surface area (Å²) in [5.41, 5.74) is -1.92. The van der Waals surface area contributed by atoms with E-state index in [0.717, 1.165) is 0 Å². The number of carbonyl (C=O) groups is 2. The van der Waals surface area contributed by atoms with Gasteiger partial charge in [-0.2, -0.15) is 0 Å². The van der Waals surface area contributed by atoms with Gasteiger partial charge in [-0.05, 0) is 5.56 Å². The largest absolute Gasteiger partial charge is 0.480 e. The number of benzene rings is 1. The second kappa shape index (κ2) is 4.76. The number of carboxylic acids is 2. The lowest BCUT2D eigenvalue weighted by Crippen LogP contribution is -2.44. The smallest absolute Gasteiger partial charge is 0.325 e. The van der Waals surface area contributed by atoms with Gasteiger partial charge in [0.1, 0.15) is 0 Å². The summed E-state index contributed by atoms with van der Waals surface area (Å²) in [6.45, 7) is -0.506. The Morgan fingerprint density at radius 1 is 1.06 bits per heavy atom. The molecule has 16 heavy (non-hydrogen) atoms. The van der Waals surface area contributed by atoms with Crippen LogP contribution in [0.5, 0.6) is 0 Å². The van der Waals surface area contributed by atoms with Crippen molar-refractivity contribution in [3.05, 3.63) is 35.9 Å². The summed E-state index contributed by atoms with van der Waals surface area (Å²) in [6.07, 6.45) is -0.359. The van der Waals surface area contributed by atoms with E-state index >= 15 is 0 Å². The van der Waals surface area contributed by atoms with Crippen LogP contribution in [-0.4, -0.2) is 33.9 Å². The second-order valence-corrected chi connectivity index (χ2v) is 3.36. The molecule has 0 aliphatic rings. The van der Waals surface area contributed by atoms with Crippen LogP contribution in [0.15, 0.2) is 30.3 Å². The van der Waals surface area contributed by atoms with Gasteiger partial charge in [0.2, 0.25) is 0 Å². The molecule has 0 aliphatic carbocycles. The monoisotopic (exact) mass is 224 g/mol. The molecule has 0 bridgehead atoms. The van der Waals surface area contributed by atoms with Gasteiger partial charge in [0.05, 0.1) is 0 Å². The summed E-state index contributed by atoms with van der Waals surface area (Å²) in [5, 5.41) is 27.0. The number of aliphatic carboxylic acids is 2. The summed E-state index contributed by atoms with van der Waals surface area (Å²) in [4.78, 5) is 22.3. The highest BCUT2D eigenvalue weighted by Gasteiger charge is 2.47. The molecule has 1 aromatic carbocycles. The van der Waals surface area contributed by atoms with Crippen molar-refractivity contribution in [3.63, 3.8) is 0 Å². The third-order valence-corrected chi connectivity index (χ3v) is 2.48. The summed E-state index contributed by atoms with van der Waals surface area (Å²) in [6, 6.07) is 7.65. The summed E-state index contributed by atoms with van der Waals surface area (Å²) in [5.74, 6) is -2.94. The fraction of sp³-hybridized carbons (Fsp3) is 0.273. The summed E-state index contributed by atoms with van der Waals surface area (Å²) >= 11 is 0. The average Bonchev–Trinajstić information content (AvgIpc) is 2.26. The predicted molar refractivity (Wildman–Crippen MR) is 55.1 cm³/mol. The zero-order valence-corrected chi connectivity index (χ0v) is 8.46. The highest BCUT2D eigenvalue weighted by atomic mass is 16.4. The lowest BCUT2D eigenvalue weighted by atomic mass is 9.78. The molecule has 1 aromatic rings. The number of aliphatic hydroxyl groups excluding tert-OH is 1. The minimum absolute atomic E-state index is 0.157. The summed E-state index contributed by atoms with van der Waals surface area (Å²) < 4.78 is 0. The van der Waals surface area contributed by atoms with Crippen molar-refractivity contribution >= 4 is 11.9 Å². The van der Waals surface area contributed by atoms with E-state index in [4.69, 9.17) is 15.3 Å². The van der Waals surface area contributed by atoms with Crippen molar-refractivity contribution in [1.82, 2.24) is 0 Å². The molecule has 0 saturated heterocycles. The van der Waals surface area contributed by atoms with Crippen molar-refractivity contribution in [2.24, 2.45) is 0 Å².